The van der Waals surface area contributed by atoms with Gasteiger partial charge in [-0.05, 0) is 50.0 Å². The third kappa shape index (κ3) is 3.19. The highest BCUT2D eigenvalue weighted by atomic mass is 16.5. The molecule has 1 N–H and O–H groups in total. The number of aliphatic hydroxyl groups is 1. The van der Waals surface area contributed by atoms with Crippen LogP contribution in [0.1, 0.15) is 38.5 Å². The minimum absolute atomic E-state index is 0.147. The summed E-state index contributed by atoms with van der Waals surface area (Å²) >= 11 is 0. The standard InChI is InChI=1S/C14H22O2/c15-10-11-16-14-8-6-13(7-9-14)12-4-2-1-3-5-12/h2,4-5,13-15H,1,3,6-11H2. The normalized spacial score (nSPS) is 30.2. The molecule has 2 nitrogen and oxygen atoms in total. The fraction of sp³-hybridized carbons (Fsp3) is 0.714. The molecule has 0 unspecified atom stereocenters. The fourth-order valence-corrected chi connectivity index (χ4v) is 2.72. The lowest BCUT2D eigenvalue weighted by Gasteiger charge is -2.29. The molecule has 0 heterocycles. The van der Waals surface area contributed by atoms with E-state index in [1.54, 1.807) is 5.57 Å². The van der Waals surface area contributed by atoms with E-state index >= 15 is 0 Å². The summed E-state index contributed by atoms with van der Waals surface area (Å²) in [7, 11) is 0. The second-order valence-corrected chi connectivity index (χ2v) is 4.75. The highest BCUT2D eigenvalue weighted by molar-refractivity contribution is 5.25. The summed E-state index contributed by atoms with van der Waals surface area (Å²) in [6.07, 6.45) is 14.6. The van der Waals surface area contributed by atoms with Crippen LogP contribution < -0.4 is 0 Å². The lowest BCUT2D eigenvalue weighted by Crippen LogP contribution is -2.23. The van der Waals surface area contributed by atoms with Crippen molar-refractivity contribution in [2.24, 2.45) is 5.92 Å². The molecule has 2 aliphatic rings. The minimum Gasteiger partial charge on any atom is -0.394 e. The zero-order valence-corrected chi connectivity index (χ0v) is 9.90. The van der Waals surface area contributed by atoms with E-state index in [4.69, 9.17) is 9.84 Å². The van der Waals surface area contributed by atoms with Crippen LogP contribution >= 0.6 is 0 Å². The maximum absolute atomic E-state index is 8.71. The van der Waals surface area contributed by atoms with Crippen LogP contribution in [0.4, 0.5) is 0 Å². The molecule has 0 bridgehead atoms. The summed E-state index contributed by atoms with van der Waals surface area (Å²) < 4.78 is 5.58. The van der Waals surface area contributed by atoms with Crippen molar-refractivity contribution in [1.29, 1.82) is 0 Å². The van der Waals surface area contributed by atoms with E-state index in [-0.39, 0.29) is 6.61 Å². The maximum Gasteiger partial charge on any atom is 0.0701 e. The van der Waals surface area contributed by atoms with E-state index in [1.165, 1.54) is 25.7 Å². The van der Waals surface area contributed by atoms with E-state index in [1.807, 2.05) is 0 Å². The van der Waals surface area contributed by atoms with Gasteiger partial charge in [0.2, 0.25) is 0 Å². The highest BCUT2D eigenvalue weighted by Gasteiger charge is 2.23. The Hall–Kier alpha value is -0.600. The number of hydrogen-bond acceptors (Lipinski definition) is 2. The molecule has 1 saturated carbocycles. The molecule has 1 fully saturated rings. The Morgan fingerprint density at radius 2 is 2.00 bits per heavy atom. The maximum atomic E-state index is 8.71. The van der Waals surface area contributed by atoms with Gasteiger partial charge in [0.1, 0.15) is 0 Å². The number of ether oxygens (including phenoxy) is 1. The van der Waals surface area contributed by atoms with Crippen LogP contribution in [0, 0.1) is 5.92 Å². The summed E-state index contributed by atoms with van der Waals surface area (Å²) in [5, 5.41) is 8.71. The van der Waals surface area contributed by atoms with Crippen molar-refractivity contribution >= 4 is 0 Å². The zero-order chi connectivity index (χ0) is 11.2. The van der Waals surface area contributed by atoms with Gasteiger partial charge in [0.25, 0.3) is 0 Å². The van der Waals surface area contributed by atoms with Crippen LogP contribution in [0.25, 0.3) is 0 Å². The van der Waals surface area contributed by atoms with E-state index in [0.717, 1.165) is 18.8 Å². The number of rotatable bonds is 4. The van der Waals surface area contributed by atoms with Gasteiger partial charge in [0.05, 0.1) is 19.3 Å². The van der Waals surface area contributed by atoms with Gasteiger partial charge in [-0.25, -0.2) is 0 Å². The average Bonchev–Trinajstić information content (AvgIpc) is 2.38. The van der Waals surface area contributed by atoms with Crippen LogP contribution in [-0.2, 0) is 4.74 Å². The first-order chi connectivity index (χ1) is 7.90. The van der Waals surface area contributed by atoms with Crippen LogP contribution in [0.15, 0.2) is 23.8 Å². The number of hydrogen-bond donors (Lipinski definition) is 1. The number of allylic oxidation sites excluding steroid dienone is 4. The van der Waals surface area contributed by atoms with Gasteiger partial charge in [0.15, 0.2) is 0 Å². The molecule has 0 aliphatic heterocycles. The summed E-state index contributed by atoms with van der Waals surface area (Å²) in [4.78, 5) is 0. The lowest BCUT2D eigenvalue weighted by atomic mass is 9.81. The Labute approximate surface area is 98.0 Å². The van der Waals surface area contributed by atoms with Gasteiger partial charge < -0.3 is 9.84 Å². The fourth-order valence-electron chi connectivity index (χ4n) is 2.72. The van der Waals surface area contributed by atoms with Crippen molar-refractivity contribution in [3.63, 3.8) is 0 Å². The summed E-state index contributed by atoms with van der Waals surface area (Å²) in [5.74, 6) is 0.755. The first kappa shape index (κ1) is 11.9. The summed E-state index contributed by atoms with van der Waals surface area (Å²) in [6, 6.07) is 0. The van der Waals surface area contributed by atoms with Gasteiger partial charge in [-0.15, -0.1) is 0 Å². The van der Waals surface area contributed by atoms with E-state index in [2.05, 4.69) is 18.2 Å². The minimum atomic E-state index is 0.147. The van der Waals surface area contributed by atoms with E-state index in [9.17, 15) is 0 Å². The second kappa shape index (κ2) is 6.21. The van der Waals surface area contributed by atoms with Gasteiger partial charge in [-0.1, -0.05) is 18.2 Å². The molecular formula is C14H22O2. The van der Waals surface area contributed by atoms with Gasteiger partial charge in [-0.3, -0.25) is 0 Å². The SMILES string of the molecule is OCCOC1CCC(C2=CCCC=C2)CC1. The third-order valence-corrected chi connectivity index (χ3v) is 3.61. The Morgan fingerprint density at radius 3 is 2.62 bits per heavy atom. The predicted molar refractivity (Wildman–Crippen MR) is 65.2 cm³/mol. The monoisotopic (exact) mass is 222 g/mol. The van der Waals surface area contributed by atoms with E-state index < -0.39 is 0 Å². The molecule has 0 radical (unpaired) electrons. The van der Waals surface area contributed by atoms with Crippen molar-refractivity contribution in [2.75, 3.05) is 13.2 Å². The molecular weight excluding hydrogens is 200 g/mol. The lowest BCUT2D eigenvalue weighted by molar-refractivity contribution is 0.00331. The number of aliphatic hydroxyl groups excluding tert-OH is 1. The molecule has 90 valence electrons. The van der Waals surface area contributed by atoms with Crippen molar-refractivity contribution in [1.82, 2.24) is 0 Å². The average molecular weight is 222 g/mol. The quantitative estimate of drug-likeness (QED) is 0.792. The summed E-state index contributed by atoms with van der Waals surface area (Å²) in [5.41, 5.74) is 1.55. The topological polar surface area (TPSA) is 29.5 Å². The molecule has 0 spiro atoms. The molecule has 2 rings (SSSR count). The van der Waals surface area contributed by atoms with Crippen LogP contribution in [0.3, 0.4) is 0 Å². The van der Waals surface area contributed by atoms with Crippen molar-refractivity contribution < 1.29 is 9.84 Å². The Kier molecular flexibility index (Phi) is 4.61. The summed E-state index contributed by atoms with van der Waals surface area (Å²) in [6.45, 7) is 0.645. The molecule has 0 saturated heterocycles. The Bertz CT molecular complexity index is 260. The molecule has 0 aromatic rings. The van der Waals surface area contributed by atoms with Crippen LogP contribution in [0.2, 0.25) is 0 Å². The van der Waals surface area contributed by atoms with Crippen LogP contribution in [-0.4, -0.2) is 24.4 Å². The molecule has 0 atom stereocenters. The second-order valence-electron chi connectivity index (χ2n) is 4.75. The molecule has 0 aromatic carbocycles. The van der Waals surface area contributed by atoms with Crippen LogP contribution in [0.5, 0.6) is 0 Å². The first-order valence-electron chi connectivity index (χ1n) is 6.49. The Balaban J connectivity index is 1.76. The zero-order valence-electron chi connectivity index (χ0n) is 9.90. The molecule has 2 heteroatoms. The third-order valence-electron chi connectivity index (χ3n) is 3.61. The Morgan fingerprint density at radius 1 is 1.19 bits per heavy atom. The van der Waals surface area contributed by atoms with Gasteiger partial charge >= 0.3 is 0 Å². The molecule has 2 aliphatic carbocycles. The first-order valence-corrected chi connectivity index (χ1v) is 6.49. The predicted octanol–water partition coefficient (Wildman–Crippen LogP) is 2.83. The highest BCUT2D eigenvalue weighted by Crippen LogP contribution is 2.33. The molecule has 0 amide bonds. The van der Waals surface area contributed by atoms with Crippen molar-refractivity contribution in [3.8, 4) is 0 Å². The molecule has 16 heavy (non-hydrogen) atoms. The smallest absolute Gasteiger partial charge is 0.0701 e. The van der Waals surface area contributed by atoms with Gasteiger partial charge in [0, 0.05) is 0 Å². The largest absolute Gasteiger partial charge is 0.394 e. The van der Waals surface area contributed by atoms with Gasteiger partial charge in [-0.2, -0.15) is 0 Å². The molecule has 0 aromatic heterocycles. The van der Waals surface area contributed by atoms with Crippen molar-refractivity contribution in [3.05, 3.63) is 23.8 Å². The van der Waals surface area contributed by atoms with E-state index in [0.29, 0.717) is 12.7 Å². The van der Waals surface area contributed by atoms with Crippen molar-refractivity contribution in [2.45, 2.75) is 44.6 Å².